The van der Waals surface area contributed by atoms with E-state index in [1.54, 1.807) is 20.8 Å². The van der Waals surface area contributed by atoms with Crippen molar-refractivity contribution in [2.24, 2.45) is 0 Å². The van der Waals surface area contributed by atoms with E-state index in [9.17, 15) is 8.42 Å². The summed E-state index contributed by atoms with van der Waals surface area (Å²) in [5.74, 6) is -0.0178. The lowest BCUT2D eigenvalue weighted by atomic mass is 10.1. The molecule has 0 aliphatic rings. The minimum absolute atomic E-state index is 0.0178. The maximum Gasteiger partial charge on any atom is 0.244 e. The van der Waals surface area contributed by atoms with Gasteiger partial charge >= 0.3 is 0 Å². The first-order chi connectivity index (χ1) is 7.65. The lowest BCUT2D eigenvalue weighted by molar-refractivity contribution is 0.491. The molecule has 8 heteroatoms. The molecular formula is C9H14N4O2S2. The molecule has 0 bridgehead atoms. The lowest BCUT2D eigenvalue weighted by Gasteiger charge is -2.20. The van der Waals surface area contributed by atoms with Gasteiger partial charge in [-0.1, -0.05) is 12.2 Å². The summed E-state index contributed by atoms with van der Waals surface area (Å²) in [7, 11) is -3.71. The number of nitrogens with zero attached hydrogens (tertiary/aromatic N) is 2. The molecule has 0 unspecified atom stereocenters. The van der Waals surface area contributed by atoms with Crippen LogP contribution in [0.15, 0.2) is 11.1 Å². The maximum absolute atomic E-state index is 12.0. The van der Waals surface area contributed by atoms with Crippen LogP contribution in [-0.4, -0.2) is 29.3 Å². The normalized spacial score (nSPS) is 12.4. The monoisotopic (exact) mass is 274 g/mol. The molecule has 0 aliphatic carbocycles. The van der Waals surface area contributed by atoms with Gasteiger partial charge in [-0.3, -0.25) is 0 Å². The average Bonchev–Trinajstić information content (AvgIpc) is 2.13. The molecule has 0 atom stereocenters. The van der Waals surface area contributed by atoms with E-state index >= 15 is 0 Å². The summed E-state index contributed by atoms with van der Waals surface area (Å²) >= 11 is 4.71. The molecule has 6 nitrogen and oxygen atoms in total. The summed E-state index contributed by atoms with van der Waals surface area (Å²) in [6.45, 7) is 5.21. The number of hydrogen-bond donors (Lipinski definition) is 2. The summed E-state index contributed by atoms with van der Waals surface area (Å²) in [6.07, 6.45) is 1.15. The van der Waals surface area contributed by atoms with Crippen molar-refractivity contribution < 1.29 is 8.42 Å². The van der Waals surface area contributed by atoms with Crippen LogP contribution in [0.4, 0.5) is 5.95 Å². The number of nitrogens with two attached hydrogens (primary N) is 1. The van der Waals surface area contributed by atoms with Crippen molar-refractivity contribution in [2.75, 3.05) is 5.73 Å². The second-order valence-electron chi connectivity index (χ2n) is 4.45. The minimum Gasteiger partial charge on any atom is -0.368 e. The Balaban J connectivity index is 3.29. The van der Waals surface area contributed by atoms with E-state index in [1.165, 1.54) is 0 Å². The van der Waals surface area contributed by atoms with E-state index in [0.29, 0.717) is 0 Å². The Labute approximate surface area is 106 Å². The third-order valence-corrected chi connectivity index (χ3v) is 3.64. The van der Waals surface area contributed by atoms with E-state index in [2.05, 4.69) is 14.7 Å². The van der Waals surface area contributed by atoms with Crippen molar-refractivity contribution in [1.82, 2.24) is 14.7 Å². The zero-order valence-corrected chi connectivity index (χ0v) is 11.4. The fourth-order valence-corrected chi connectivity index (χ4v) is 2.89. The fourth-order valence-electron chi connectivity index (χ4n) is 1.15. The van der Waals surface area contributed by atoms with Gasteiger partial charge in [0.1, 0.15) is 4.90 Å². The van der Waals surface area contributed by atoms with Gasteiger partial charge in [-0.05, 0) is 20.8 Å². The Kier molecular flexibility index (Phi) is 3.80. The molecular weight excluding hydrogens is 260 g/mol. The van der Waals surface area contributed by atoms with Gasteiger partial charge in [-0.2, -0.15) is 0 Å². The summed E-state index contributed by atoms with van der Waals surface area (Å²) in [5.41, 5.74) is 4.89. The highest BCUT2D eigenvalue weighted by Gasteiger charge is 2.25. The van der Waals surface area contributed by atoms with Crippen LogP contribution in [0.1, 0.15) is 26.5 Å². The molecule has 0 saturated heterocycles. The van der Waals surface area contributed by atoms with Crippen LogP contribution in [0.5, 0.6) is 0 Å². The number of anilines is 1. The predicted molar refractivity (Wildman–Crippen MR) is 69.3 cm³/mol. The Morgan fingerprint density at radius 2 is 2.06 bits per heavy atom. The Morgan fingerprint density at radius 3 is 2.53 bits per heavy atom. The SMILES string of the molecule is CC(C)(C)NS(=O)(=O)c1cnc(N)nc1C=S. The molecule has 1 heterocycles. The van der Waals surface area contributed by atoms with Crippen LogP contribution in [0.25, 0.3) is 0 Å². The van der Waals surface area contributed by atoms with Crippen molar-refractivity contribution >= 4 is 33.6 Å². The van der Waals surface area contributed by atoms with Gasteiger partial charge in [0.05, 0.1) is 11.9 Å². The first kappa shape index (κ1) is 13.9. The van der Waals surface area contributed by atoms with E-state index in [0.717, 1.165) is 11.6 Å². The van der Waals surface area contributed by atoms with Crippen LogP contribution in [0.3, 0.4) is 0 Å². The number of hydrogen-bond acceptors (Lipinski definition) is 6. The molecule has 1 aromatic heterocycles. The number of aromatic nitrogens is 2. The lowest BCUT2D eigenvalue weighted by Crippen LogP contribution is -2.41. The molecule has 0 aliphatic heterocycles. The van der Waals surface area contributed by atoms with Gasteiger partial charge < -0.3 is 5.73 Å². The summed E-state index contributed by atoms with van der Waals surface area (Å²) in [6, 6.07) is 0. The molecule has 0 spiro atoms. The highest BCUT2D eigenvalue weighted by atomic mass is 32.2. The van der Waals surface area contributed by atoms with E-state index in [1.807, 2.05) is 0 Å². The highest BCUT2D eigenvalue weighted by molar-refractivity contribution is 7.89. The molecule has 3 N–H and O–H groups in total. The first-order valence-electron chi connectivity index (χ1n) is 4.77. The molecule has 0 radical (unpaired) electrons. The van der Waals surface area contributed by atoms with Crippen LogP contribution in [0.2, 0.25) is 0 Å². The third-order valence-electron chi connectivity index (χ3n) is 1.64. The van der Waals surface area contributed by atoms with Crippen molar-refractivity contribution in [1.29, 1.82) is 0 Å². The number of rotatable bonds is 3. The van der Waals surface area contributed by atoms with Crippen LogP contribution >= 0.6 is 12.2 Å². The van der Waals surface area contributed by atoms with Gasteiger partial charge in [-0.15, -0.1) is 0 Å². The largest absolute Gasteiger partial charge is 0.368 e. The van der Waals surface area contributed by atoms with E-state index in [-0.39, 0.29) is 16.5 Å². The topological polar surface area (TPSA) is 98.0 Å². The molecule has 0 saturated carbocycles. The summed E-state index contributed by atoms with van der Waals surface area (Å²) in [4.78, 5) is 7.37. The minimum atomic E-state index is -3.71. The third kappa shape index (κ3) is 3.69. The smallest absolute Gasteiger partial charge is 0.244 e. The molecule has 0 fully saturated rings. The van der Waals surface area contributed by atoms with Gasteiger partial charge in [-0.25, -0.2) is 23.1 Å². The second kappa shape index (κ2) is 4.63. The van der Waals surface area contributed by atoms with Crippen molar-refractivity contribution in [3.63, 3.8) is 0 Å². The van der Waals surface area contributed by atoms with E-state index in [4.69, 9.17) is 18.0 Å². The molecule has 17 heavy (non-hydrogen) atoms. The second-order valence-corrected chi connectivity index (χ2v) is 6.34. The zero-order chi connectivity index (χ0) is 13.3. The van der Waals surface area contributed by atoms with Crippen LogP contribution in [0, 0.1) is 0 Å². The van der Waals surface area contributed by atoms with Crippen LogP contribution < -0.4 is 10.5 Å². The Hall–Kier alpha value is -1.12. The van der Waals surface area contributed by atoms with E-state index < -0.39 is 15.6 Å². The van der Waals surface area contributed by atoms with Crippen LogP contribution in [-0.2, 0) is 10.0 Å². The molecule has 1 aromatic rings. The first-order valence-corrected chi connectivity index (χ1v) is 6.73. The van der Waals surface area contributed by atoms with Gasteiger partial charge in [0.2, 0.25) is 16.0 Å². The number of nitrogen functional groups attached to an aromatic ring is 1. The number of thiocarbonyl (C=S) groups is 1. The van der Waals surface area contributed by atoms with Gasteiger partial charge in [0.15, 0.2) is 0 Å². The number of sulfonamides is 1. The molecule has 0 amide bonds. The van der Waals surface area contributed by atoms with Crippen molar-refractivity contribution in [2.45, 2.75) is 31.2 Å². The number of nitrogens with one attached hydrogen (secondary N) is 1. The van der Waals surface area contributed by atoms with Gasteiger partial charge in [0, 0.05) is 10.9 Å². The average molecular weight is 274 g/mol. The summed E-state index contributed by atoms with van der Waals surface area (Å²) in [5, 5.41) is 1.16. The molecule has 1 rings (SSSR count). The van der Waals surface area contributed by atoms with Crippen molar-refractivity contribution in [3.05, 3.63) is 11.9 Å². The Bertz CT molecular complexity index is 534. The van der Waals surface area contributed by atoms with Crippen molar-refractivity contribution in [3.8, 4) is 0 Å². The maximum atomic E-state index is 12.0. The zero-order valence-electron chi connectivity index (χ0n) is 9.76. The molecule has 0 aromatic carbocycles. The van der Waals surface area contributed by atoms with Gasteiger partial charge in [0.25, 0.3) is 0 Å². The predicted octanol–water partition coefficient (Wildman–Crippen LogP) is 0.483. The highest BCUT2D eigenvalue weighted by Crippen LogP contribution is 2.15. The standard InChI is InChI=1S/C9H14N4O2S2/c1-9(2,3)13-17(14,15)7-4-11-8(10)12-6(7)5-16/h4-5,13H,1-3H3,(H2,10,11,12). The fraction of sp³-hybridized carbons (Fsp3) is 0.444. The Morgan fingerprint density at radius 1 is 1.47 bits per heavy atom. The molecule has 94 valence electrons. The summed E-state index contributed by atoms with van der Waals surface area (Å²) < 4.78 is 26.6. The quantitative estimate of drug-likeness (QED) is 0.778.